The number of carbonyl (C=O) groups is 1. The minimum Gasteiger partial charge on any atom is -0.383 e. The van der Waals surface area contributed by atoms with Crippen LogP contribution in [0.4, 0.5) is 10.5 Å². The highest BCUT2D eigenvalue weighted by molar-refractivity contribution is 7.98. The fraction of sp³-hybridized carbons (Fsp3) is 0.412. The fourth-order valence-corrected chi connectivity index (χ4v) is 3.13. The number of ether oxygens (including phenoxy) is 1. The van der Waals surface area contributed by atoms with Gasteiger partial charge in [0.05, 0.1) is 31.1 Å². The van der Waals surface area contributed by atoms with Crippen molar-refractivity contribution in [2.75, 3.05) is 31.0 Å². The summed E-state index contributed by atoms with van der Waals surface area (Å²) in [6.07, 6.45) is 8.06. The zero-order valence-electron chi connectivity index (χ0n) is 15.3. The van der Waals surface area contributed by atoms with Crippen molar-refractivity contribution in [3.05, 3.63) is 42.6 Å². The Morgan fingerprint density at radius 1 is 1.37 bits per heavy atom. The van der Waals surface area contributed by atoms with Gasteiger partial charge in [-0.05, 0) is 30.6 Å². The van der Waals surface area contributed by atoms with Crippen LogP contribution in [0.25, 0.3) is 5.65 Å². The van der Waals surface area contributed by atoms with Gasteiger partial charge in [0, 0.05) is 19.5 Å². The summed E-state index contributed by atoms with van der Waals surface area (Å²) in [7, 11) is 1.64. The molecule has 1 atom stereocenters. The van der Waals surface area contributed by atoms with Gasteiger partial charge in [-0.3, -0.25) is 9.08 Å². The number of nitrogens with one attached hydrogen (secondary N) is 2. The highest BCUT2D eigenvalue weighted by Crippen LogP contribution is 2.18. The van der Waals surface area contributed by atoms with E-state index < -0.39 is 0 Å². The van der Waals surface area contributed by atoms with Gasteiger partial charge in [0.15, 0.2) is 11.5 Å². The Balaban J connectivity index is 1.68. The Morgan fingerprint density at radius 3 is 3.07 bits per heavy atom. The minimum absolute atomic E-state index is 0.251. The van der Waals surface area contributed by atoms with Gasteiger partial charge in [0.1, 0.15) is 0 Å². The predicted octanol–water partition coefficient (Wildman–Crippen LogP) is 2.19. The average Bonchev–Trinajstić information content (AvgIpc) is 3.30. The first-order valence-electron chi connectivity index (χ1n) is 8.58. The molecular weight excluding hydrogens is 366 g/mol. The molecule has 0 bridgehead atoms. The standard InChI is InChI=1S/C17H23N7O2S/c1-26-9-8-23-12-13(11-18-23)19-17(25)20-14(6-10-27-2)16-22-21-15-5-3-4-7-24(15)16/h3-5,7,11-12,14H,6,8-10H2,1-2H3,(H2,19,20,25). The van der Waals surface area contributed by atoms with Gasteiger partial charge in [0.2, 0.25) is 0 Å². The molecule has 2 amide bonds. The van der Waals surface area contributed by atoms with E-state index in [0.29, 0.717) is 24.7 Å². The number of hydrogen-bond acceptors (Lipinski definition) is 6. The molecule has 1 unspecified atom stereocenters. The highest BCUT2D eigenvalue weighted by atomic mass is 32.2. The number of amides is 2. The van der Waals surface area contributed by atoms with E-state index in [4.69, 9.17) is 4.74 Å². The highest BCUT2D eigenvalue weighted by Gasteiger charge is 2.20. The molecule has 27 heavy (non-hydrogen) atoms. The third kappa shape index (κ3) is 4.98. The second kappa shape index (κ2) is 9.38. The van der Waals surface area contributed by atoms with E-state index in [1.54, 1.807) is 35.9 Å². The lowest BCUT2D eigenvalue weighted by Crippen LogP contribution is -2.34. The predicted molar refractivity (Wildman–Crippen MR) is 105 cm³/mol. The summed E-state index contributed by atoms with van der Waals surface area (Å²) in [4.78, 5) is 12.5. The van der Waals surface area contributed by atoms with Gasteiger partial charge in [-0.25, -0.2) is 4.79 Å². The van der Waals surface area contributed by atoms with Gasteiger partial charge < -0.3 is 15.4 Å². The topological polar surface area (TPSA) is 98.4 Å². The first-order chi connectivity index (χ1) is 13.2. The largest absolute Gasteiger partial charge is 0.383 e. The Kier molecular flexibility index (Phi) is 6.66. The summed E-state index contributed by atoms with van der Waals surface area (Å²) < 4.78 is 8.64. The van der Waals surface area contributed by atoms with Crippen molar-refractivity contribution in [3.63, 3.8) is 0 Å². The molecule has 144 valence electrons. The molecular formula is C17H23N7O2S. The molecule has 0 saturated carbocycles. The van der Waals surface area contributed by atoms with Crippen LogP contribution in [0.3, 0.4) is 0 Å². The number of aromatic nitrogens is 5. The molecule has 3 aromatic heterocycles. The van der Waals surface area contributed by atoms with E-state index in [1.165, 1.54) is 0 Å². The normalized spacial score (nSPS) is 12.2. The van der Waals surface area contributed by atoms with Crippen LogP contribution in [0.5, 0.6) is 0 Å². The van der Waals surface area contributed by atoms with Crippen LogP contribution in [0.2, 0.25) is 0 Å². The molecule has 0 saturated heterocycles. The van der Waals surface area contributed by atoms with Gasteiger partial charge in [-0.2, -0.15) is 16.9 Å². The van der Waals surface area contributed by atoms with E-state index in [2.05, 4.69) is 25.9 Å². The van der Waals surface area contributed by atoms with Crippen molar-refractivity contribution in [1.29, 1.82) is 0 Å². The number of rotatable bonds is 9. The molecule has 2 N–H and O–H groups in total. The maximum Gasteiger partial charge on any atom is 0.319 e. The second-order valence-corrected chi connectivity index (χ2v) is 6.89. The maximum atomic E-state index is 12.5. The van der Waals surface area contributed by atoms with Crippen LogP contribution < -0.4 is 10.6 Å². The number of methoxy groups -OCH3 is 1. The average molecular weight is 389 g/mol. The Morgan fingerprint density at radius 2 is 2.26 bits per heavy atom. The first-order valence-corrected chi connectivity index (χ1v) is 9.98. The van der Waals surface area contributed by atoms with Crippen molar-refractivity contribution in [2.45, 2.75) is 19.0 Å². The van der Waals surface area contributed by atoms with E-state index in [0.717, 1.165) is 17.8 Å². The van der Waals surface area contributed by atoms with Crippen LogP contribution in [-0.2, 0) is 11.3 Å². The van der Waals surface area contributed by atoms with Crippen molar-refractivity contribution < 1.29 is 9.53 Å². The number of hydrogen-bond donors (Lipinski definition) is 2. The monoisotopic (exact) mass is 389 g/mol. The number of carbonyl (C=O) groups excluding carboxylic acids is 1. The number of thioether (sulfide) groups is 1. The number of urea groups is 1. The van der Waals surface area contributed by atoms with Crippen LogP contribution >= 0.6 is 11.8 Å². The van der Waals surface area contributed by atoms with Crippen molar-refractivity contribution >= 4 is 29.1 Å². The summed E-state index contributed by atoms with van der Waals surface area (Å²) >= 11 is 1.72. The number of nitrogens with zero attached hydrogens (tertiary/aromatic N) is 5. The molecule has 0 spiro atoms. The van der Waals surface area contributed by atoms with E-state index >= 15 is 0 Å². The summed E-state index contributed by atoms with van der Waals surface area (Å²) in [5, 5.41) is 18.5. The molecule has 0 aliphatic heterocycles. The van der Waals surface area contributed by atoms with Crippen LogP contribution in [0, 0.1) is 0 Å². The van der Waals surface area contributed by atoms with Crippen LogP contribution in [0.1, 0.15) is 18.3 Å². The molecule has 0 radical (unpaired) electrons. The van der Waals surface area contributed by atoms with Gasteiger partial charge in [-0.1, -0.05) is 6.07 Å². The van der Waals surface area contributed by atoms with Crippen molar-refractivity contribution in [2.24, 2.45) is 0 Å². The van der Waals surface area contributed by atoms with Gasteiger partial charge in [0.25, 0.3) is 0 Å². The third-order valence-corrected chi connectivity index (χ3v) is 4.63. The SMILES string of the molecule is COCCn1cc(NC(=O)NC(CCSC)c2nnc3ccccn23)cn1. The van der Waals surface area contributed by atoms with E-state index in [-0.39, 0.29) is 12.1 Å². The minimum atomic E-state index is -0.305. The molecule has 0 aliphatic rings. The van der Waals surface area contributed by atoms with Crippen LogP contribution in [-0.4, -0.2) is 56.1 Å². The zero-order valence-corrected chi connectivity index (χ0v) is 16.1. The Bertz CT molecular complexity index is 879. The smallest absolute Gasteiger partial charge is 0.319 e. The molecule has 3 rings (SSSR count). The molecule has 0 aromatic carbocycles. The molecule has 10 heteroatoms. The zero-order chi connectivity index (χ0) is 19.1. The number of pyridine rings is 1. The number of fused-ring (bicyclic) bond motifs is 1. The lowest BCUT2D eigenvalue weighted by Gasteiger charge is -2.17. The third-order valence-electron chi connectivity index (χ3n) is 3.98. The Labute approximate surface area is 161 Å². The summed E-state index contributed by atoms with van der Waals surface area (Å²) in [5.74, 6) is 1.60. The van der Waals surface area contributed by atoms with E-state index in [1.807, 2.05) is 35.1 Å². The van der Waals surface area contributed by atoms with Crippen molar-refractivity contribution in [3.8, 4) is 0 Å². The quantitative estimate of drug-likeness (QED) is 0.582. The molecule has 9 nitrogen and oxygen atoms in total. The van der Waals surface area contributed by atoms with Crippen LogP contribution in [0.15, 0.2) is 36.8 Å². The van der Waals surface area contributed by atoms with Gasteiger partial charge in [-0.15, -0.1) is 10.2 Å². The number of anilines is 1. The fourth-order valence-electron chi connectivity index (χ4n) is 2.66. The lowest BCUT2D eigenvalue weighted by molar-refractivity contribution is 0.183. The van der Waals surface area contributed by atoms with Gasteiger partial charge >= 0.3 is 6.03 Å². The maximum absolute atomic E-state index is 12.5. The molecule has 3 aromatic rings. The Hall–Kier alpha value is -2.59. The summed E-state index contributed by atoms with van der Waals surface area (Å²) in [6, 6.07) is 5.15. The molecule has 3 heterocycles. The first kappa shape index (κ1) is 19.2. The lowest BCUT2D eigenvalue weighted by atomic mass is 10.2. The second-order valence-electron chi connectivity index (χ2n) is 5.90. The van der Waals surface area contributed by atoms with Crippen molar-refractivity contribution in [1.82, 2.24) is 29.7 Å². The molecule has 0 aliphatic carbocycles. The van der Waals surface area contributed by atoms with E-state index in [9.17, 15) is 4.79 Å². The summed E-state index contributed by atoms with van der Waals surface area (Å²) in [6.45, 7) is 1.19. The summed E-state index contributed by atoms with van der Waals surface area (Å²) in [5.41, 5.74) is 1.38. The molecule has 0 fully saturated rings.